The monoisotopic (exact) mass is 342 g/mol. The van der Waals surface area contributed by atoms with Crippen molar-refractivity contribution in [1.29, 1.82) is 0 Å². The lowest BCUT2D eigenvalue weighted by molar-refractivity contribution is -0.115. The highest BCUT2D eigenvalue weighted by Crippen LogP contribution is 2.18. The van der Waals surface area contributed by atoms with E-state index >= 15 is 0 Å². The van der Waals surface area contributed by atoms with Crippen molar-refractivity contribution < 1.29 is 14.4 Å². The molecule has 0 aliphatic heterocycles. The van der Waals surface area contributed by atoms with Crippen LogP contribution in [0.3, 0.4) is 0 Å². The van der Waals surface area contributed by atoms with Gasteiger partial charge in [0.2, 0.25) is 0 Å². The van der Waals surface area contributed by atoms with Crippen LogP contribution < -0.4 is 0 Å². The highest BCUT2D eigenvalue weighted by Gasteiger charge is 2.16. The van der Waals surface area contributed by atoms with Gasteiger partial charge < -0.3 is 0 Å². The molecule has 3 heteroatoms. The van der Waals surface area contributed by atoms with Crippen LogP contribution in [0.1, 0.15) is 66.7 Å². The molecule has 0 aromatic rings. The molecule has 3 nitrogen and oxygen atoms in total. The van der Waals surface area contributed by atoms with Gasteiger partial charge in [0.15, 0.2) is 17.3 Å². The van der Waals surface area contributed by atoms with Gasteiger partial charge in [0, 0.05) is 17.6 Å². The molecule has 0 saturated heterocycles. The summed E-state index contributed by atoms with van der Waals surface area (Å²) in [6.07, 6.45) is 10.6. The van der Waals surface area contributed by atoms with Crippen LogP contribution in [-0.2, 0) is 14.4 Å². The van der Waals surface area contributed by atoms with Gasteiger partial charge in [-0.3, -0.25) is 14.4 Å². The Labute approximate surface area is 151 Å². The Hall–Kier alpha value is -2.03. The first-order valence-corrected chi connectivity index (χ1v) is 9.02. The third-order valence-electron chi connectivity index (χ3n) is 4.19. The first-order chi connectivity index (χ1) is 11.7. The summed E-state index contributed by atoms with van der Waals surface area (Å²) in [5, 5.41) is 0. The summed E-state index contributed by atoms with van der Waals surface area (Å²) in [5.74, 6) is 0.454. The van der Waals surface area contributed by atoms with Crippen LogP contribution in [0.15, 0.2) is 46.6 Å². The Bertz CT molecular complexity index is 655. The van der Waals surface area contributed by atoms with Crippen LogP contribution in [0, 0.1) is 5.92 Å². The van der Waals surface area contributed by atoms with Crippen LogP contribution in [0.2, 0.25) is 0 Å². The summed E-state index contributed by atoms with van der Waals surface area (Å²) in [7, 11) is 0. The zero-order valence-corrected chi connectivity index (χ0v) is 16.1. The van der Waals surface area contributed by atoms with Crippen LogP contribution in [-0.4, -0.2) is 17.3 Å². The van der Waals surface area contributed by atoms with Crippen molar-refractivity contribution in [3.63, 3.8) is 0 Å². The molecule has 136 valence electrons. The number of ketones is 3. The van der Waals surface area contributed by atoms with E-state index in [4.69, 9.17) is 0 Å². The standard InChI is InChI=1S/C22H30O3/c1-15(2)11-20(23)12-17(4)8-6-7-16(3)9-10-19-14-21(24)18(5)13-22(19)25/h9,12-15H,6-8,10-11H2,1-5H3/b16-9+,17-12-. The molecule has 0 bridgehead atoms. The summed E-state index contributed by atoms with van der Waals surface area (Å²) in [6, 6.07) is 0. The molecule has 0 aromatic carbocycles. The molecule has 0 saturated carbocycles. The van der Waals surface area contributed by atoms with Gasteiger partial charge in [-0.05, 0) is 70.6 Å². The molecule has 0 spiro atoms. The molecule has 0 fully saturated rings. The maximum absolute atomic E-state index is 11.9. The van der Waals surface area contributed by atoms with Crippen molar-refractivity contribution >= 4 is 17.3 Å². The van der Waals surface area contributed by atoms with Gasteiger partial charge in [0.05, 0.1) is 0 Å². The topological polar surface area (TPSA) is 51.2 Å². The maximum atomic E-state index is 11.9. The summed E-state index contributed by atoms with van der Waals surface area (Å²) in [5.41, 5.74) is 3.39. The Morgan fingerprint density at radius 3 is 2.32 bits per heavy atom. The Kier molecular flexibility index (Phi) is 8.47. The van der Waals surface area contributed by atoms with Crippen LogP contribution >= 0.6 is 0 Å². The van der Waals surface area contributed by atoms with Crippen molar-refractivity contribution in [2.75, 3.05) is 0 Å². The second-order valence-corrected chi connectivity index (χ2v) is 7.39. The van der Waals surface area contributed by atoms with Gasteiger partial charge in [-0.1, -0.05) is 31.1 Å². The van der Waals surface area contributed by atoms with E-state index in [9.17, 15) is 14.4 Å². The van der Waals surface area contributed by atoms with E-state index in [1.165, 1.54) is 17.7 Å². The second-order valence-electron chi connectivity index (χ2n) is 7.39. The van der Waals surface area contributed by atoms with Crippen LogP contribution in [0.5, 0.6) is 0 Å². The van der Waals surface area contributed by atoms with Gasteiger partial charge in [-0.2, -0.15) is 0 Å². The number of rotatable bonds is 9. The summed E-state index contributed by atoms with van der Waals surface area (Å²) >= 11 is 0. The minimum absolute atomic E-state index is 0.0661. The molecule has 1 aliphatic rings. The molecule has 0 N–H and O–H groups in total. The van der Waals surface area contributed by atoms with Crippen molar-refractivity contribution in [1.82, 2.24) is 0 Å². The number of hydrogen-bond acceptors (Lipinski definition) is 3. The molecule has 25 heavy (non-hydrogen) atoms. The predicted molar refractivity (Wildman–Crippen MR) is 102 cm³/mol. The molecule has 0 unspecified atom stereocenters. The fourth-order valence-electron chi connectivity index (χ4n) is 2.70. The van der Waals surface area contributed by atoms with E-state index in [0.29, 0.717) is 29.9 Å². The lowest BCUT2D eigenvalue weighted by Gasteiger charge is -2.08. The highest BCUT2D eigenvalue weighted by atomic mass is 16.1. The quantitative estimate of drug-likeness (QED) is 0.333. The molecular formula is C22H30O3. The Balaban J connectivity index is 2.43. The Morgan fingerprint density at radius 2 is 1.68 bits per heavy atom. The van der Waals surface area contributed by atoms with Gasteiger partial charge in [-0.15, -0.1) is 0 Å². The molecular weight excluding hydrogens is 312 g/mol. The van der Waals surface area contributed by atoms with E-state index in [-0.39, 0.29) is 17.3 Å². The minimum Gasteiger partial charge on any atom is -0.295 e. The molecule has 0 aromatic heterocycles. The van der Waals surface area contributed by atoms with E-state index in [2.05, 4.69) is 0 Å². The van der Waals surface area contributed by atoms with E-state index in [1.54, 1.807) is 13.0 Å². The molecule has 0 amide bonds. The molecule has 0 heterocycles. The van der Waals surface area contributed by atoms with Crippen molar-refractivity contribution in [3.05, 3.63) is 46.6 Å². The average molecular weight is 342 g/mol. The van der Waals surface area contributed by atoms with Gasteiger partial charge >= 0.3 is 0 Å². The SMILES string of the molecule is CC1=CC(=O)C(C/C=C(\C)CCC/C(C)=C\C(=O)CC(C)C)=CC1=O. The van der Waals surface area contributed by atoms with Gasteiger partial charge in [0.1, 0.15) is 0 Å². The van der Waals surface area contributed by atoms with Crippen molar-refractivity contribution in [2.45, 2.75) is 66.7 Å². The fourth-order valence-corrected chi connectivity index (χ4v) is 2.70. The van der Waals surface area contributed by atoms with Crippen LogP contribution in [0.4, 0.5) is 0 Å². The smallest absolute Gasteiger partial charge is 0.182 e. The first kappa shape index (κ1) is 21.0. The normalized spacial score (nSPS) is 16.2. The Morgan fingerprint density at radius 1 is 1.04 bits per heavy atom. The van der Waals surface area contributed by atoms with E-state index in [0.717, 1.165) is 24.8 Å². The number of hydrogen-bond donors (Lipinski definition) is 0. The largest absolute Gasteiger partial charge is 0.295 e. The molecule has 1 aliphatic carbocycles. The number of carbonyl (C=O) groups is 3. The zero-order valence-electron chi connectivity index (χ0n) is 16.1. The maximum Gasteiger partial charge on any atom is 0.182 e. The van der Waals surface area contributed by atoms with E-state index < -0.39 is 0 Å². The van der Waals surface area contributed by atoms with Gasteiger partial charge in [0.25, 0.3) is 0 Å². The second kappa shape index (κ2) is 10.1. The minimum atomic E-state index is -0.0764. The zero-order chi connectivity index (χ0) is 19.0. The third-order valence-corrected chi connectivity index (χ3v) is 4.19. The lowest BCUT2D eigenvalue weighted by Crippen LogP contribution is -2.11. The fraction of sp³-hybridized carbons (Fsp3) is 0.500. The first-order valence-electron chi connectivity index (χ1n) is 9.02. The number of allylic oxidation sites excluding steroid dienone is 8. The summed E-state index contributed by atoms with van der Waals surface area (Å²) in [6.45, 7) is 9.80. The average Bonchev–Trinajstić information content (AvgIpc) is 2.48. The highest BCUT2D eigenvalue weighted by molar-refractivity contribution is 6.19. The predicted octanol–water partition coefficient (Wildman–Crippen LogP) is 5.08. The van der Waals surface area contributed by atoms with Gasteiger partial charge in [-0.25, -0.2) is 0 Å². The summed E-state index contributed by atoms with van der Waals surface area (Å²) < 4.78 is 0. The lowest BCUT2D eigenvalue weighted by atomic mass is 9.95. The molecule has 0 radical (unpaired) electrons. The summed E-state index contributed by atoms with van der Waals surface area (Å²) in [4.78, 5) is 35.3. The third kappa shape index (κ3) is 8.06. The van der Waals surface area contributed by atoms with Crippen LogP contribution in [0.25, 0.3) is 0 Å². The number of carbonyl (C=O) groups excluding carboxylic acids is 3. The van der Waals surface area contributed by atoms with Crippen molar-refractivity contribution in [2.24, 2.45) is 5.92 Å². The molecule has 0 atom stereocenters. The molecule has 1 rings (SSSR count). The van der Waals surface area contributed by atoms with E-state index in [1.807, 2.05) is 33.8 Å². The van der Waals surface area contributed by atoms with Crippen molar-refractivity contribution in [3.8, 4) is 0 Å².